The second kappa shape index (κ2) is 6.34. The topological polar surface area (TPSA) is 88.0 Å². The maximum absolute atomic E-state index is 15.1. The van der Waals surface area contributed by atoms with Gasteiger partial charge in [0.05, 0.1) is 17.4 Å². The van der Waals surface area contributed by atoms with E-state index >= 15 is 4.39 Å². The number of pyridine rings is 2. The van der Waals surface area contributed by atoms with Gasteiger partial charge in [-0.3, -0.25) is 9.20 Å². The molecule has 27 heavy (non-hydrogen) atoms. The molecule has 7 heteroatoms. The minimum Gasteiger partial charge on any atom is -0.477 e. The summed E-state index contributed by atoms with van der Waals surface area (Å²) in [6.07, 6.45) is 3.92. The minimum absolute atomic E-state index is 0.0340. The fourth-order valence-electron chi connectivity index (χ4n) is 4.19. The molecule has 2 fully saturated rings. The normalized spacial score (nSPS) is 23.0. The van der Waals surface area contributed by atoms with Crippen LogP contribution in [0.5, 0.6) is 0 Å². The van der Waals surface area contributed by atoms with Gasteiger partial charge in [0.25, 0.3) is 5.56 Å². The molecule has 2 aliphatic rings. The van der Waals surface area contributed by atoms with Crippen molar-refractivity contribution in [1.29, 1.82) is 0 Å². The first-order valence-corrected chi connectivity index (χ1v) is 9.41. The van der Waals surface area contributed by atoms with E-state index in [4.69, 9.17) is 5.73 Å². The molecule has 3 heterocycles. The number of carboxylic acid groups (broad SMARTS) is 1. The Bertz CT molecular complexity index is 996. The Labute approximate surface area is 156 Å². The number of aryl methyl sites for hydroxylation is 1. The van der Waals surface area contributed by atoms with Crippen molar-refractivity contribution in [3.8, 4) is 0 Å². The zero-order chi connectivity index (χ0) is 19.5. The van der Waals surface area contributed by atoms with Gasteiger partial charge in [-0.05, 0) is 55.2 Å². The second-order valence-corrected chi connectivity index (χ2v) is 7.94. The van der Waals surface area contributed by atoms with Gasteiger partial charge < -0.3 is 15.7 Å². The van der Waals surface area contributed by atoms with Gasteiger partial charge in [0.2, 0.25) is 0 Å². The lowest BCUT2D eigenvalue weighted by molar-refractivity contribution is 0.0694. The number of carbonyl (C=O) groups is 1. The third kappa shape index (κ3) is 2.90. The number of hydrogen-bond donors (Lipinski definition) is 2. The van der Waals surface area contributed by atoms with Crippen molar-refractivity contribution in [2.45, 2.75) is 45.1 Å². The lowest BCUT2D eigenvalue weighted by atomic mass is 9.93. The second-order valence-electron chi connectivity index (χ2n) is 7.94. The highest BCUT2D eigenvalue weighted by Gasteiger charge is 2.32. The number of halogens is 1. The molecule has 1 saturated carbocycles. The zero-order valence-electron chi connectivity index (χ0n) is 15.5. The van der Waals surface area contributed by atoms with Crippen LogP contribution in [-0.4, -0.2) is 34.6 Å². The molecule has 1 aliphatic carbocycles. The highest BCUT2D eigenvalue weighted by atomic mass is 19.1. The third-order valence-electron chi connectivity index (χ3n) is 6.02. The van der Waals surface area contributed by atoms with Crippen molar-refractivity contribution in [2.75, 3.05) is 18.0 Å². The summed E-state index contributed by atoms with van der Waals surface area (Å²) in [6.45, 7) is 5.18. The van der Waals surface area contributed by atoms with Crippen molar-refractivity contribution in [2.24, 2.45) is 11.7 Å². The number of rotatable bonds is 3. The van der Waals surface area contributed by atoms with Crippen molar-refractivity contribution in [3.63, 3.8) is 0 Å². The molecule has 0 spiro atoms. The summed E-state index contributed by atoms with van der Waals surface area (Å²) in [7, 11) is 0. The highest BCUT2D eigenvalue weighted by Crippen LogP contribution is 2.44. The van der Waals surface area contributed by atoms with Crippen molar-refractivity contribution < 1.29 is 14.3 Å². The van der Waals surface area contributed by atoms with Crippen LogP contribution in [0.25, 0.3) is 5.52 Å². The predicted octanol–water partition coefficient (Wildman–Crippen LogP) is 2.50. The molecule has 2 atom stereocenters. The molecule has 0 amide bonds. The predicted molar refractivity (Wildman–Crippen MR) is 101 cm³/mol. The number of anilines is 1. The van der Waals surface area contributed by atoms with E-state index in [1.165, 1.54) is 10.5 Å². The molecule has 6 nitrogen and oxygen atoms in total. The van der Waals surface area contributed by atoms with Gasteiger partial charge in [-0.1, -0.05) is 6.92 Å². The van der Waals surface area contributed by atoms with Crippen LogP contribution in [0.15, 0.2) is 17.1 Å². The summed E-state index contributed by atoms with van der Waals surface area (Å²) < 4.78 is 16.2. The quantitative estimate of drug-likeness (QED) is 0.863. The molecule has 3 N–H and O–H groups in total. The van der Waals surface area contributed by atoms with Crippen LogP contribution < -0.4 is 16.2 Å². The average molecular weight is 373 g/mol. The first kappa shape index (κ1) is 18.0. The van der Waals surface area contributed by atoms with E-state index in [0.717, 1.165) is 31.0 Å². The van der Waals surface area contributed by atoms with Gasteiger partial charge in [0, 0.05) is 19.1 Å². The van der Waals surface area contributed by atoms with Crippen molar-refractivity contribution >= 4 is 17.2 Å². The number of aromatic carboxylic acids is 1. The largest absolute Gasteiger partial charge is 0.477 e. The summed E-state index contributed by atoms with van der Waals surface area (Å²) in [5.74, 6) is -1.20. The smallest absolute Gasteiger partial charge is 0.341 e. The van der Waals surface area contributed by atoms with Crippen LogP contribution in [0, 0.1) is 18.7 Å². The fraction of sp³-hybridized carbons (Fsp3) is 0.500. The molecular weight excluding hydrogens is 349 g/mol. The molecule has 2 aromatic heterocycles. The van der Waals surface area contributed by atoms with Gasteiger partial charge in [-0.15, -0.1) is 0 Å². The zero-order valence-corrected chi connectivity index (χ0v) is 15.5. The van der Waals surface area contributed by atoms with E-state index in [2.05, 4.69) is 6.92 Å². The number of nitrogens with two attached hydrogens (primary N) is 1. The van der Waals surface area contributed by atoms with E-state index in [1.54, 1.807) is 0 Å². The Hall–Kier alpha value is -2.41. The molecule has 0 unspecified atom stereocenters. The molecule has 4 rings (SSSR count). The standard InChI is InChI=1S/C20H24FN3O3/c1-10-5-6-23(9-16(10)22)18-11(2)17-13(12-3-4-12)7-14(20(26)27)19(25)24(17)8-15(18)21/h7-8,10,12,16H,3-6,9,22H2,1-2H3,(H,26,27)/t10-,16-/m1/s1. The first-order chi connectivity index (χ1) is 12.8. The lowest BCUT2D eigenvalue weighted by Gasteiger charge is -2.37. The van der Waals surface area contributed by atoms with Crippen LogP contribution in [0.3, 0.4) is 0 Å². The van der Waals surface area contributed by atoms with E-state index in [1.807, 2.05) is 11.8 Å². The van der Waals surface area contributed by atoms with Crippen molar-refractivity contribution in [1.82, 2.24) is 4.40 Å². The van der Waals surface area contributed by atoms with Gasteiger partial charge in [0.15, 0.2) is 5.82 Å². The molecule has 1 saturated heterocycles. The number of aromatic nitrogens is 1. The van der Waals surface area contributed by atoms with Gasteiger partial charge in [0.1, 0.15) is 5.56 Å². The number of fused-ring (bicyclic) bond motifs is 1. The summed E-state index contributed by atoms with van der Waals surface area (Å²) in [5, 5.41) is 9.37. The average Bonchev–Trinajstić information content (AvgIpc) is 3.43. The Kier molecular flexibility index (Phi) is 4.22. The van der Waals surface area contributed by atoms with Crippen LogP contribution in [0.2, 0.25) is 0 Å². The van der Waals surface area contributed by atoms with Gasteiger partial charge in [-0.25, -0.2) is 9.18 Å². The van der Waals surface area contributed by atoms with Gasteiger partial charge >= 0.3 is 5.97 Å². The summed E-state index contributed by atoms with van der Waals surface area (Å²) in [5.41, 5.74) is 7.80. The highest BCUT2D eigenvalue weighted by molar-refractivity contribution is 5.89. The summed E-state index contributed by atoms with van der Waals surface area (Å²) in [6, 6.07) is 1.45. The summed E-state index contributed by atoms with van der Waals surface area (Å²) in [4.78, 5) is 26.1. The Morgan fingerprint density at radius 2 is 2.04 bits per heavy atom. The van der Waals surface area contributed by atoms with Crippen LogP contribution in [0.4, 0.5) is 10.1 Å². The van der Waals surface area contributed by atoms with Crippen LogP contribution in [0.1, 0.15) is 53.6 Å². The monoisotopic (exact) mass is 373 g/mol. The first-order valence-electron chi connectivity index (χ1n) is 9.41. The molecule has 0 bridgehead atoms. The van der Waals surface area contributed by atoms with Crippen molar-refractivity contribution in [3.05, 3.63) is 45.1 Å². The number of nitrogens with zero attached hydrogens (tertiary/aromatic N) is 2. The SMILES string of the molecule is Cc1c(N2CC[C@@H](C)[C@H](N)C2)c(F)cn2c(=O)c(C(=O)O)cc(C3CC3)c12. The Morgan fingerprint density at radius 3 is 2.63 bits per heavy atom. The number of piperidine rings is 1. The molecule has 2 aromatic rings. The number of carboxylic acids is 1. The Morgan fingerprint density at radius 1 is 1.33 bits per heavy atom. The van der Waals surface area contributed by atoms with E-state index in [0.29, 0.717) is 35.8 Å². The van der Waals surface area contributed by atoms with Crippen LogP contribution in [-0.2, 0) is 0 Å². The minimum atomic E-state index is -1.28. The Balaban J connectivity index is 1.96. The third-order valence-corrected chi connectivity index (χ3v) is 6.02. The molecule has 1 aliphatic heterocycles. The molecular formula is C20H24FN3O3. The lowest BCUT2D eigenvalue weighted by Crippen LogP contribution is -2.48. The van der Waals surface area contributed by atoms with E-state index in [9.17, 15) is 14.7 Å². The maximum Gasteiger partial charge on any atom is 0.341 e. The van der Waals surface area contributed by atoms with Crippen LogP contribution >= 0.6 is 0 Å². The fourth-order valence-corrected chi connectivity index (χ4v) is 4.19. The van der Waals surface area contributed by atoms with Gasteiger partial charge in [-0.2, -0.15) is 0 Å². The summed E-state index contributed by atoms with van der Waals surface area (Å²) >= 11 is 0. The van der Waals surface area contributed by atoms with E-state index in [-0.39, 0.29) is 17.5 Å². The maximum atomic E-state index is 15.1. The van der Waals surface area contributed by atoms with E-state index < -0.39 is 17.3 Å². The number of hydrogen-bond acceptors (Lipinski definition) is 4. The molecule has 0 aromatic carbocycles. The molecule has 0 radical (unpaired) electrons. The molecule has 144 valence electrons.